The number of aliphatic hydroxyl groups is 1. The molecule has 1 aliphatic heterocycles. The number of aliphatic hydroxyl groups excluding tert-OH is 1. The summed E-state index contributed by atoms with van der Waals surface area (Å²) in [6, 6.07) is 15.1. The Kier molecular flexibility index (Phi) is 5.88. The van der Waals surface area contributed by atoms with Crippen LogP contribution < -0.4 is 11.1 Å². The van der Waals surface area contributed by atoms with Gasteiger partial charge in [-0.3, -0.25) is 9.98 Å². The van der Waals surface area contributed by atoms with Gasteiger partial charge in [0, 0.05) is 34.6 Å². The second kappa shape index (κ2) is 9.26. The van der Waals surface area contributed by atoms with Crippen LogP contribution in [0.25, 0.3) is 27.6 Å². The molecular weight excluding hydrogens is 477 g/mol. The van der Waals surface area contributed by atoms with E-state index in [0.29, 0.717) is 6.42 Å². The van der Waals surface area contributed by atoms with Crippen molar-refractivity contribution in [2.75, 3.05) is 0 Å². The number of H-pyrrole nitrogens is 1. The lowest BCUT2D eigenvalue weighted by Crippen LogP contribution is -2.25. The third kappa shape index (κ3) is 4.19. The van der Waals surface area contributed by atoms with Crippen molar-refractivity contribution in [2.45, 2.75) is 44.9 Å². The van der Waals surface area contributed by atoms with Gasteiger partial charge in [0.05, 0.1) is 28.7 Å². The largest absolute Gasteiger partial charge is 0.404 e. The van der Waals surface area contributed by atoms with Crippen LogP contribution in [-0.2, 0) is 5.54 Å². The number of pyridine rings is 1. The van der Waals surface area contributed by atoms with Gasteiger partial charge in [-0.05, 0) is 78.8 Å². The number of aromatic amines is 1. The number of hydrogen-bond acceptors (Lipinski definition) is 5. The van der Waals surface area contributed by atoms with Gasteiger partial charge < -0.3 is 21.1 Å². The lowest BCUT2D eigenvalue weighted by molar-refractivity contribution is 0.145. The molecule has 0 saturated heterocycles. The first-order chi connectivity index (χ1) is 18.4. The van der Waals surface area contributed by atoms with Crippen molar-refractivity contribution in [1.82, 2.24) is 15.3 Å². The number of aliphatic imine (C=N–C) groups is 1. The number of nitrogens with one attached hydrogen (secondary N) is 2. The summed E-state index contributed by atoms with van der Waals surface area (Å²) >= 11 is 0. The number of hydrogen-bond donors (Lipinski definition) is 4. The Morgan fingerprint density at radius 3 is 2.76 bits per heavy atom. The molecule has 0 amide bonds. The second-order valence-corrected chi connectivity index (χ2v) is 10.1. The number of benzene rings is 2. The fourth-order valence-electron chi connectivity index (χ4n) is 5.30. The first kappa shape index (κ1) is 24.1. The molecule has 192 valence electrons. The maximum Gasteiger partial charge on any atom is 0.123 e. The van der Waals surface area contributed by atoms with Gasteiger partial charge in [-0.25, -0.2) is 4.39 Å². The molecule has 0 bridgehead atoms. The van der Waals surface area contributed by atoms with E-state index in [1.54, 1.807) is 24.7 Å². The fourth-order valence-corrected chi connectivity index (χ4v) is 5.30. The van der Waals surface area contributed by atoms with Gasteiger partial charge in [-0.1, -0.05) is 31.2 Å². The van der Waals surface area contributed by atoms with Gasteiger partial charge in [0.15, 0.2) is 0 Å². The maximum atomic E-state index is 14.0. The Balaban J connectivity index is 1.41. The van der Waals surface area contributed by atoms with E-state index in [4.69, 9.17) is 10.7 Å². The van der Waals surface area contributed by atoms with Crippen molar-refractivity contribution in [3.8, 4) is 11.1 Å². The molecule has 2 aliphatic rings. The van der Waals surface area contributed by atoms with Crippen LogP contribution in [-0.4, -0.2) is 27.0 Å². The SMILES string of the molecule is CCC(O)N/C(C)=C/C(=C\N)c1ccc2c(c1)C(c1cc3c(-c4cccc(F)c4)cncc3[nH]1)=NC21CC1. The monoisotopic (exact) mass is 507 g/mol. The lowest BCUT2D eigenvalue weighted by atomic mass is 9.93. The molecular formula is C31H30FN5O. The van der Waals surface area contributed by atoms with Gasteiger partial charge in [-0.15, -0.1) is 0 Å². The van der Waals surface area contributed by atoms with Gasteiger partial charge in [-0.2, -0.15) is 0 Å². The van der Waals surface area contributed by atoms with Crippen LogP contribution in [0.3, 0.4) is 0 Å². The molecule has 1 spiro atoms. The normalized spacial score (nSPS) is 17.0. The molecule has 2 aromatic heterocycles. The highest BCUT2D eigenvalue weighted by Gasteiger charge is 2.50. The fraction of sp³-hybridized carbons (Fsp3) is 0.226. The molecule has 2 aromatic carbocycles. The van der Waals surface area contributed by atoms with Crippen LogP contribution in [0.4, 0.5) is 4.39 Å². The Hall–Kier alpha value is -4.23. The summed E-state index contributed by atoms with van der Waals surface area (Å²) < 4.78 is 14.0. The summed E-state index contributed by atoms with van der Waals surface area (Å²) in [6.45, 7) is 3.83. The number of rotatable bonds is 7. The molecule has 1 fully saturated rings. The van der Waals surface area contributed by atoms with Crippen molar-refractivity contribution >= 4 is 22.2 Å². The Bertz CT molecular complexity index is 1640. The quantitative estimate of drug-likeness (QED) is 0.190. The molecule has 0 radical (unpaired) electrons. The summed E-state index contributed by atoms with van der Waals surface area (Å²) in [4.78, 5) is 13.1. The molecule has 1 atom stereocenters. The van der Waals surface area contributed by atoms with Gasteiger partial charge in [0.2, 0.25) is 0 Å². The van der Waals surface area contributed by atoms with E-state index in [9.17, 15) is 9.50 Å². The number of nitrogens with zero attached hydrogens (tertiary/aromatic N) is 2. The van der Waals surface area contributed by atoms with Crippen LogP contribution in [0.2, 0.25) is 0 Å². The Labute approximate surface area is 220 Å². The molecule has 38 heavy (non-hydrogen) atoms. The zero-order chi connectivity index (χ0) is 26.4. The van der Waals surface area contributed by atoms with E-state index in [1.165, 1.54) is 17.7 Å². The van der Waals surface area contributed by atoms with E-state index in [1.807, 2.05) is 26.0 Å². The number of nitrogens with two attached hydrogens (primary N) is 1. The Morgan fingerprint density at radius 1 is 1.18 bits per heavy atom. The minimum absolute atomic E-state index is 0.157. The van der Waals surface area contributed by atoms with Crippen molar-refractivity contribution in [3.05, 3.63) is 107 Å². The van der Waals surface area contributed by atoms with Crippen molar-refractivity contribution in [2.24, 2.45) is 10.7 Å². The molecule has 7 heteroatoms. The van der Waals surface area contributed by atoms with E-state index in [2.05, 4.69) is 39.6 Å². The third-order valence-corrected chi connectivity index (χ3v) is 7.43. The molecule has 6 nitrogen and oxygen atoms in total. The van der Waals surface area contributed by atoms with E-state index < -0.39 is 6.23 Å². The third-order valence-electron chi connectivity index (χ3n) is 7.43. The number of aromatic nitrogens is 2. The minimum Gasteiger partial charge on any atom is -0.404 e. The van der Waals surface area contributed by atoms with Crippen molar-refractivity contribution < 1.29 is 9.50 Å². The maximum absolute atomic E-state index is 14.0. The Morgan fingerprint density at radius 2 is 2.03 bits per heavy atom. The van der Waals surface area contributed by atoms with E-state index in [0.717, 1.165) is 68.7 Å². The van der Waals surface area contributed by atoms with Crippen LogP contribution in [0.15, 0.2) is 83.9 Å². The predicted molar refractivity (Wildman–Crippen MR) is 150 cm³/mol. The zero-order valence-electron chi connectivity index (χ0n) is 21.4. The van der Waals surface area contributed by atoms with Crippen molar-refractivity contribution in [1.29, 1.82) is 0 Å². The number of allylic oxidation sites excluding steroid dienone is 3. The van der Waals surface area contributed by atoms with Crippen molar-refractivity contribution in [3.63, 3.8) is 0 Å². The molecule has 6 rings (SSSR count). The van der Waals surface area contributed by atoms with E-state index >= 15 is 0 Å². The number of fused-ring (bicyclic) bond motifs is 3. The first-order valence-corrected chi connectivity index (χ1v) is 12.9. The first-order valence-electron chi connectivity index (χ1n) is 12.9. The highest BCUT2D eigenvalue weighted by molar-refractivity contribution is 6.17. The second-order valence-electron chi connectivity index (χ2n) is 10.1. The molecule has 1 saturated carbocycles. The summed E-state index contributed by atoms with van der Waals surface area (Å²) in [5, 5.41) is 14.0. The molecule has 5 N–H and O–H groups in total. The summed E-state index contributed by atoms with van der Waals surface area (Å²) in [5.41, 5.74) is 15.2. The number of halogens is 1. The molecule has 1 aliphatic carbocycles. The van der Waals surface area contributed by atoms with Crippen LogP contribution in [0.5, 0.6) is 0 Å². The highest BCUT2D eigenvalue weighted by atomic mass is 19.1. The summed E-state index contributed by atoms with van der Waals surface area (Å²) in [6.07, 6.45) is 9.15. The lowest BCUT2D eigenvalue weighted by Gasteiger charge is -2.14. The zero-order valence-corrected chi connectivity index (χ0v) is 21.4. The van der Waals surface area contributed by atoms with Gasteiger partial charge in [0.25, 0.3) is 0 Å². The summed E-state index contributed by atoms with van der Waals surface area (Å²) in [5.74, 6) is -0.278. The molecule has 3 heterocycles. The smallest absolute Gasteiger partial charge is 0.123 e. The average molecular weight is 508 g/mol. The van der Waals surface area contributed by atoms with Crippen LogP contribution >= 0.6 is 0 Å². The van der Waals surface area contributed by atoms with Gasteiger partial charge >= 0.3 is 0 Å². The van der Waals surface area contributed by atoms with Crippen LogP contribution in [0.1, 0.15) is 55.5 Å². The highest BCUT2D eigenvalue weighted by Crippen LogP contribution is 2.55. The average Bonchev–Trinajstić information content (AvgIpc) is 3.45. The summed E-state index contributed by atoms with van der Waals surface area (Å²) in [7, 11) is 0. The topological polar surface area (TPSA) is 99.3 Å². The van der Waals surface area contributed by atoms with Gasteiger partial charge in [0.1, 0.15) is 12.0 Å². The predicted octanol–water partition coefficient (Wildman–Crippen LogP) is 5.73. The van der Waals surface area contributed by atoms with Crippen LogP contribution in [0, 0.1) is 5.82 Å². The van der Waals surface area contributed by atoms with E-state index in [-0.39, 0.29) is 11.4 Å². The standard InChI is InChI=1S/C31H30FN5O/c1-3-29(38)35-18(2)11-21(15-33)19-7-8-26-24(13-19)30(37-31(26)9-10-31)27-14-23-25(16-34-17-28(23)36-27)20-5-4-6-22(32)12-20/h4-8,11-17,29,35-36,38H,3,9-10,33H2,1-2H3/b18-11+,21-15+. The molecule has 4 aromatic rings. The molecule has 1 unspecified atom stereocenters. The minimum atomic E-state index is -0.604.